The summed E-state index contributed by atoms with van der Waals surface area (Å²) >= 11 is 9.37. The molecule has 2 N–H and O–H groups in total. The maximum atomic E-state index is 13.1. The van der Waals surface area contributed by atoms with Crippen molar-refractivity contribution in [3.05, 3.63) is 99.5 Å². The van der Waals surface area contributed by atoms with Gasteiger partial charge in [0.15, 0.2) is 0 Å². The second-order valence-corrected chi connectivity index (χ2v) is 8.16. The Morgan fingerprint density at radius 3 is 1.76 bits per heavy atom. The standard InChI is InChI=1S/C24H17BrClNO7/c25-16-11-12-18(17(26)13-16)27-21(28)19(33-23(31)14-7-3-1-4-8-14)20(22(29)30)34-24(32)15-9-5-2-6-10-15/h1-13,19-20H,(H,27,28)(H,29,30)/t19-,20+/m1/s1. The van der Waals surface area contributed by atoms with E-state index >= 15 is 0 Å². The average molecular weight is 547 g/mol. The summed E-state index contributed by atoms with van der Waals surface area (Å²) in [6.07, 6.45) is -4.17. The Bertz CT molecular complexity index is 1200. The largest absolute Gasteiger partial charge is 0.478 e. The third kappa shape index (κ3) is 6.43. The minimum atomic E-state index is -2.14. The van der Waals surface area contributed by atoms with Crippen LogP contribution in [0.4, 0.5) is 5.69 Å². The van der Waals surface area contributed by atoms with E-state index in [-0.39, 0.29) is 21.8 Å². The summed E-state index contributed by atoms with van der Waals surface area (Å²) in [7, 11) is 0. The lowest BCUT2D eigenvalue weighted by atomic mass is 10.1. The molecule has 174 valence electrons. The highest BCUT2D eigenvalue weighted by Crippen LogP contribution is 2.26. The van der Waals surface area contributed by atoms with E-state index in [9.17, 15) is 24.3 Å². The normalized spacial score (nSPS) is 12.2. The van der Waals surface area contributed by atoms with Crippen LogP contribution in [0.25, 0.3) is 0 Å². The smallest absolute Gasteiger partial charge is 0.349 e. The molecule has 0 aliphatic rings. The van der Waals surface area contributed by atoms with E-state index in [4.69, 9.17) is 21.1 Å². The Morgan fingerprint density at radius 1 is 0.794 bits per heavy atom. The van der Waals surface area contributed by atoms with Crippen molar-refractivity contribution in [2.45, 2.75) is 12.2 Å². The van der Waals surface area contributed by atoms with Crippen LogP contribution < -0.4 is 5.32 Å². The summed E-state index contributed by atoms with van der Waals surface area (Å²) in [5.74, 6) is -4.73. The third-order valence-corrected chi connectivity index (χ3v) is 5.26. The van der Waals surface area contributed by atoms with Gasteiger partial charge in [-0.2, -0.15) is 0 Å². The van der Waals surface area contributed by atoms with E-state index in [0.717, 1.165) is 0 Å². The fourth-order valence-electron chi connectivity index (χ4n) is 2.80. The molecule has 8 nitrogen and oxygen atoms in total. The van der Waals surface area contributed by atoms with Crippen molar-refractivity contribution < 1.29 is 33.8 Å². The number of ether oxygens (including phenoxy) is 2. The van der Waals surface area contributed by atoms with Crippen LogP contribution in [0.1, 0.15) is 20.7 Å². The molecule has 34 heavy (non-hydrogen) atoms. The lowest BCUT2D eigenvalue weighted by Gasteiger charge is -2.23. The van der Waals surface area contributed by atoms with Gasteiger partial charge in [-0.15, -0.1) is 0 Å². The van der Waals surface area contributed by atoms with Crippen LogP contribution in [0, 0.1) is 0 Å². The molecule has 0 aliphatic heterocycles. The zero-order valence-corrected chi connectivity index (χ0v) is 19.7. The molecular weight excluding hydrogens is 530 g/mol. The van der Waals surface area contributed by atoms with Crippen LogP contribution in [0.3, 0.4) is 0 Å². The van der Waals surface area contributed by atoms with E-state index in [1.54, 1.807) is 42.5 Å². The molecule has 0 unspecified atom stereocenters. The number of rotatable bonds is 8. The maximum Gasteiger partial charge on any atom is 0.349 e. The van der Waals surface area contributed by atoms with Crippen LogP contribution in [-0.4, -0.2) is 41.1 Å². The number of carbonyl (C=O) groups is 4. The Hall–Kier alpha value is -3.69. The maximum absolute atomic E-state index is 13.1. The first-order valence-corrected chi connectivity index (χ1v) is 10.9. The molecule has 3 rings (SSSR count). The van der Waals surface area contributed by atoms with E-state index in [1.807, 2.05) is 0 Å². The van der Waals surface area contributed by atoms with Gasteiger partial charge in [0, 0.05) is 4.47 Å². The van der Waals surface area contributed by atoms with Crippen molar-refractivity contribution in [1.82, 2.24) is 0 Å². The number of amides is 1. The lowest BCUT2D eigenvalue weighted by molar-refractivity contribution is -0.157. The van der Waals surface area contributed by atoms with Crippen LogP contribution >= 0.6 is 27.5 Å². The third-order valence-electron chi connectivity index (χ3n) is 4.45. The molecule has 10 heteroatoms. The molecule has 2 atom stereocenters. The van der Waals surface area contributed by atoms with Crippen molar-refractivity contribution in [1.29, 1.82) is 0 Å². The Kier molecular flexibility index (Phi) is 8.39. The second kappa shape index (κ2) is 11.4. The fraction of sp³-hybridized carbons (Fsp3) is 0.0833. The van der Waals surface area contributed by atoms with Gasteiger partial charge in [0.25, 0.3) is 5.91 Å². The van der Waals surface area contributed by atoms with Gasteiger partial charge >= 0.3 is 17.9 Å². The highest BCUT2D eigenvalue weighted by molar-refractivity contribution is 9.10. The number of benzene rings is 3. The summed E-state index contributed by atoms with van der Waals surface area (Å²) in [6.45, 7) is 0. The predicted molar refractivity (Wildman–Crippen MR) is 127 cm³/mol. The number of hydrogen-bond donors (Lipinski definition) is 2. The minimum Gasteiger partial charge on any atom is -0.478 e. The van der Waals surface area contributed by atoms with Crippen LogP contribution in [0.15, 0.2) is 83.3 Å². The van der Waals surface area contributed by atoms with E-state index in [1.165, 1.54) is 36.4 Å². The molecular formula is C24H17BrClNO7. The number of halogens is 2. The van der Waals surface area contributed by atoms with Gasteiger partial charge in [-0.3, -0.25) is 4.79 Å². The number of carbonyl (C=O) groups excluding carboxylic acids is 3. The van der Waals surface area contributed by atoms with Gasteiger partial charge in [0.2, 0.25) is 12.2 Å². The Labute approximate surface area is 207 Å². The van der Waals surface area contributed by atoms with Crippen LogP contribution in [0.2, 0.25) is 5.02 Å². The molecule has 0 bridgehead atoms. The first-order chi connectivity index (χ1) is 16.3. The molecule has 0 aliphatic carbocycles. The van der Waals surface area contributed by atoms with Gasteiger partial charge in [-0.05, 0) is 42.5 Å². The van der Waals surface area contributed by atoms with Gasteiger partial charge in [-0.1, -0.05) is 63.9 Å². The molecule has 0 fully saturated rings. The van der Waals surface area contributed by atoms with Crippen molar-refractivity contribution in [3.8, 4) is 0 Å². The molecule has 0 spiro atoms. The number of esters is 2. The molecule has 0 heterocycles. The summed E-state index contributed by atoms with van der Waals surface area (Å²) in [5, 5.41) is 12.3. The van der Waals surface area contributed by atoms with E-state index in [0.29, 0.717) is 4.47 Å². The minimum absolute atomic E-state index is 0.0539. The van der Waals surface area contributed by atoms with Crippen molar-refractivity contribution >= 4 is 57.0 Å². The second-order valence-electron chi connectivity index (χ2n) is 6.84. The van der Waals surface area contributed by atoms with Crippen molar-refractivity contribution in [2.24, 2.45) is 0 Å². The number of hydrogen-bond acceptors (Lipinski definition) is 6. The van der Waals surface area contributed by atoms with E-state index < -0.39 is 36.0 Å². The highest BCUT2D eigenvalue weighted by atomic mass is 79.9. The zero-order chi connectivity index (χ0) is 24.7. The molecule has 1 amide bonds. The summed E-state index contributed by atoms with van der Waals surface area (Å²) < 4.78 is 11.0. The van der Waals surface area contributed by atoms with Gasteiger partial charge in [0.1, 0.15) is 0 Å². The predicted octanol–water partition coefficient (Wildman–Crippen LogP) is 4.58. The van der Waals surface area contributed by atoms with Gasteiger partial charge in [-0.25, -0.2) is 14.4 Å². The molecule has 3 aromatic carbocycles. The van der Waals surface area contributed by atoms with Gasteiger partial charge in [0.05, 0.1) is 21.8 Å². The molecule has 0 saturated heterocycles. The topological polar surface area (TPSA) is 119 Å². The first kappa shape index (κ1) is 24.9. The van der Waals surface area contributed by atoms with E-state index in [2.05, 4.69) is 21.2 Å². The molecule has 3 aromatic rings. The number of carboxylic acids is 1. The average Bonchev–Trinajstić information content (AvgIpc) is 2.83. The molecule has 0 aromatic heterocycles. The number of nitrogens with one attached hydrogen (secondary N) is 1. The number of carboxylic acid groups (broad SMARTS) is 1. The summed E-state index contributed by atoms with van der Waals surface area (Å²) in [6, 6.07) is 19.8. The van der Waals surface area contributed by atoms with Gasteiger partial charge < -0.3 is 19.9 Å². The van der Waals surface area contributed by atoms with Crippen molar-refractivity contribution in [3.63, 3.8) is 0 Å². The quantitative estimate of drug-likeness (QED) is 0.397. The zero-order valence-electron chi connectivity index (χ0n) is 17.3. The highest BCUT2D eigenvalue weighted by Gasteiger charge is 2.41. The summed E-state index contributed by atoms with van der Waals surface area (Å²) in [4.78, 5) is 50.2. The van der Waals surface area contributed by atoms with Crippen molar-refractivity contribution in [2.75, 3.05) is 5.32 Å². The first-order valence-electron chi connectivity index (χ1n) is 9.77. The SMILES string of the molecule is O=C(O[C@H](C(=O)O)[C@@H](OC(=O)c1ccccc1)C(=O)Nc1ccc(Br)cc1Cl)c1ccccc1. The number of aliphatic carboxylic acids is 1. The number of anilines is 1. The van der Waals surface area contributed by atoms with Crippen LogP contribution in [-0.2, 0) is 19.1 Å². The molecule has 0 saturated carbocycles. The van der Waals surface area contributed by atoms with Crippen LogP contribution in [0.5, 0.6) is 0 Å². The Morgan fingerprint density at radius 2 is 1.29 bits per heavy atom. The molecule has 0 radical (unpaired) electrons. The Balaban J connectivity index is 1.92. The lowest BCUT2D eigenvalue weighted by Crippen LogP contribution is -2.48. The monoisotopic (exact) mass is 545 g/mol. The summed E-state index contributed by atoms with van der Waals surface area (Å²) in [5.41, 5.74) is 0.257. The fourth-order valence-corrected chi connectivity index (χ4v) is 3.53.